The predicted molar refractivity (Wildman–Crippen MR) is 97.9 cm³/mol. The van der Waals surface area contributed by atoms with Crippen LogP contribution in [0, 0.1) is 22.7 Å². The van der Waals surface area contributed by atoms with E-state index in [2.05, 4.69) is 25.9 Å². The summed E-state index contributed by atoms with van der Waals surface area (Å²) in [5.41, 5.74) is 0.281. The highest BCUT2D eigenvalue weighted by atomic mass is 32.2. The number of nitrogens with zero attached hydrogens (tertiary/aromatic N) is 5. The molecule has 1 saturated carbocycles. The molecule has 9 heteroatoms. The molecule has 3 heterocycles. The smallest absolute Gasteiger partial charge is 0.214 e. The molecule has 2 aromatic rings. The summed E-state index contributed by atoms with van der Waals surface area (Å²) < 4.78 is 26.4. The fourth-order valence-corrected chi connectivity index (χ4v) is 5.91. The van der Waals surface area contributed by atoms with Gasteiger partial charge in [-0.2, -0.15) is 9.57 Å². The fraction of sp³-hybridized carbons (Fsp3) is 0.588. The van der Waals surface area contributed by atoms with Crippen LogP contribution in [0.2, 0.25) is 0 Å². The van der Waals surface area contributed by atoms with E-state index in [1.807, 2.05) is 19.3 Å². The molecule has 4 rings (SSSR count). The third-order valence-electron chi connectivity index (χ3n) is 5.59. The summed E-state index contributed by atoms with van der Waals surface area (Å²) in [5.74, 6) is 1.20. The molecule has 0 atom stereocenters. The molecule has 1 N–H and O–H groups in total. The van der Waals surface area contributed by atoms with Crippen molar-refractivity contribution in [3.63, 3.8) is 0 Å². The quantitative estimate of drug-likeness (QED) is 0.847. The van der Waals surface area contributed by atoms with Gasteiger partial charge in [0, 0.05) is 32.4 Å². The van der Waals surface area contributed by atoms with E-state index >= 15 is 0 Å². The molecule has 0 bridgehead atoms. The number of fused-ring (bicyclic) bond motifs is 1. The van der Waals surface area contributed by atoms with Crippen molar-refractivity contribution in [3.05, 3.63) is 18.6 Å². The Bertz CT molecular complexity index is 967. The summed E-state index contributed by atoms with van der Waals surface area (Å²) in [6.45, 7) is 2.43. The molecule has 8 nitrogen and oxygen atoms in total. The average molecular weight is 374 g/mol. The zero-order chi connectivity index (χ0) is 18.5. The van der Waals surface area contributed by atoms with Gasteiger partial charge < -0.3 is 9.88 Å². The van der Waals surface area contributed by atoms with E-state index in [4.69, 9.17) is 5.26 Å². The summed E-state index contributed by atoms with van der Waals surface area (Å²) in [4.78, 5) is 13.8. The fourth-order valence-electron chi connectivity index (χ4n) is 3.87. The van der Waals surface area contributed by atoms with Gasteiger partial charge in [-0.25, -0.2) is 18.4 Å². The molecule has 2 fully saturated rings. The molecular formula is C17H22N6O2S. The van der Waals surface area contributed by atoms with Crippen molar-refractivity contribution in [2.24, 2.45) is 11.3 Å². The van der Waals surface area contributed by atoms with Crippen molar-refractivity contribution in [3.8, 4) is 6.07 Å². The van der Waals surface area contributed by atoms with Gasteiger partial charge in [0.15, 0.2) is 0 Å². The van der Waals surface area contributed by atoms with E-state index < -0.39 is 15.4 Å². The number of nitriles is 1. The summed E-state index contributed by atoms with van der Waals surface area (Å²) in [6, 6.07) is 4.42. The first-order chi connectivity index (χ1) is 12.3. The number of hydrogen-bond acceptors (Lipinski definition) is 6. The van der Waals surface area contributed by atoms with Crippen LogP contribution in [0.3, 0.4) is 0 Å². The maximum Gasteiger partial charge on any atom is 0.214 e. The summed E-state index contributed by atoms with van der Waals surface area (Å²) in [5, 5.41) is 10.0. The molecule has 0 amide bonds. The van der Waals surface area contributed by atoms with E-state index in [9.17, 15) is 8.42 Å². The van der Waals surface area contributed by atoms with Crippen LogP contribution in [0.4, 0.5) is 5.82 Å². The lowest BCUT2D eigenvalue weighted by Crippen LogP contribution is -2.58. The number of hydrogen-bond donors (Lipinski definition) is 1. The molecule has 2 aliphatic rings. The van der Waals surface area contributed by atoms with Crippen LogP contribution < -0.4 is 4.90 Å². The SMILES string of the molecule is CN(c1ncnc2[nH]ccc12)[C@H]1C[C@@H](CS(=O)(=O)N2CC(C)(C#N)C2)C1. The van der Waals surface area contributed by atoms with Crippen LogP contribution in [0.1, 0.15) is 19.8 Å². The number of sulfonamides is 1. The molecule has 0 aromatic carbocycles. The van der Waals surface area contributed by atoms with Gasteiger partial charge in [0.05, 0.1) is 22.6 Å². The Morgan fingerprint density at radius 3 is 2.85 bits per heavy atom. The van der Waals surface area contributed by atoms with E-state index in [0.717, 1.165) is 29.7 Å². The molecular weight excluding hydrogens is 352 g/mol. The largest absolute Gasteiger partial charge is 0.356 e. The molecule has 1 aliphatic heterocycles. The third kappa shape index (κ3) is 2.83. The highest BCUT2D eigenvalue weighted by Gasteiger charge is 2.46. The maximum atomic E-state index is 12.5. The molecule has 1 aliphatic carbocycles. The van der Waals surface area contributed by atoms with Gasteiger partial charge in [-0.3, -0.25) is 0 Å². The first-order valence-corrected chi connectivity index (χ1v) is 10.3. The second kappa shape index (κ2) is 5.93. The summed E-state index contributed by atoms with van der Waals surface area (Å²) >= 11 is 0. The van der Waals surface area contributed by atoms with Crippen molar-refractivity contribution in [1.29, 1.82) is 5.26 Å². The number of aromatic nitrogens is 3. The minimum atomic E-state index is -3.27. The second-order valence-electron chi connectivity index (χ2n) is 7.76. The normalized spacial score (nSPS) is 25.3. The van der Waals surface area contributed by atoms with Crippen LogP contribution >= 0.6 is 0 Å². The first-order valence-electron chi connectivity index (χ1n) is 8.71. The van der Waals surface area contributed by atoms with Crippen molar-refractivity contribution >= 4 is 26.9 Å². The van der Waals surface area contributed by atoms with E-state index in [1.165, 1.54) is 4.31 Å². The lowest BCUT2D eigenvalue weighted by Gasteiger charge is -2.45. The van der Waals surface area contributed by atoms with Crippen molar-refractivity contribution in [2.45, 2.75) is 25.8 Å². The Morgan fingerprint density at radius 1 is 1.42 bits per heavy atom. The molecule has 1 saturated heterocycles. The first kappa shape index (κ1) is 17.2. The van der Waals surface area contributed by atoms with E-state index in [-0.39, 0.29) is 17.7 Å². The average Bonchev–Trinajstić information content (AvgIpc) is 3.02. The highest BCUT2D eigenvalue weighted by Crippen LogP contribution is 2.38. The minimum absolute atomic E-state index is 0.157. The van der Waals surface area contributed by atoms with Crippen LogP contribution in [0.25, 0.3) is 11.0 Å². The predicted octanol–water partition coefficient (Wildman–Crippen LogP) is 1.35. The summed E-state index contributed by atoms with van der Waals surface area (Å²) in [7, 11) is -1.27. The maximum absolute atomic E-state index is 12.5. The van der Waals surface area contributed by atoms with Crippen molar-refractivity contribution in [1.82, 2.24) is 19.3 Å². The molecule has 26 heavy (non-hydrogen) atoms. The Morgan fingerprint density at radius 2 is 2.15 bits per heavy atom. The Kier molecular flexibility index (Phi) is 3.93. The third-order valence-corrected chi connectivity index (χ3v) is 7.52. The Hall–Kier alpha value is -2.18. The lowest BCUT2D eigenvalue weighted by molar-refractivity contribution is 0.147. The van der Waals surface area contributed by atoms with Gasteiger partial charge in [-0.15, -0.1) is 0 Å². The van der Waals surface area contributed by atoms with Crippen LogP contribution in [0.15, 0.2) is 18.6 Å². The van der Waals surface area contributed by atoms with Gasteiger partial charge in [0.2, 0.25) is 10.0 Å². The molecule has 0 unspecified atom stereocenters. The Balaban J connectivity index is 1.36. The molecule has 0 spiro atoms. The van der Waals surface area contributed by atoms with Gasteiger partial charge in [0.1, 0.15) is 17.8 Å². The van der Waals surface area contributed by atoms with Crippen molar-refractivity contribution < 1.29 is 8.42 Å². The number of H-pyrrole nitrogens is 1. The zero-order valence-electron chi connectivity index (χ0n) is 14.9. The highest BCUT2D eigenvalue weighted by molar-refractivity contribution is 7.89. The van der Waals surface area contributed by atoms with Gasteiger partial charge >= 0.3 is 0 Å². The molecule has 138 valence electrons. The second-order valence-corrected chi connectivity index (χ2v) is 9.77. The topological polar surface area (TPSA) is 106 Å². The minimum Gasteiger partial charge on any atom is -0.356 e. The summed E-state index contributed by atoms with van der Waals surface area (Å²) in [6.07, 6.45) is 5.04. The number of rotatable bonds is 5. The zero-order valence-corrected chi connectivity index (χ0v) is 15.7. The van der Waals surface area contributed by atoms with Gasteiger partial charge in [-0.1, -0.05) is 0 Å². The van der Waals surface area contributed by atoms with Crippen LogP contribution in [-0.2, 0) is 10.0 Å². The van der Waals surface area contributed by atoms with Crippen molar-refractivity contribution in [2.75, 3.05) is 30.8 Å². The van der Waals surface area contributed by atoms with Crippen LogP contribution in [-0.4, -0.2) is 59.6 Å². The molecule has 0 radical (unpaired) electrons. The monoisotopic (exact) mass is 374 g/mol. The van der Waals surface area contributed by atoms with Gasteiger partial charge in [0.25, 0.3) is 0 Å². The standard InChI is InChI=1S/C17H22N6O2S/c1-17(8-18)9-23(10-17)26(24,25)7-12-5-13(6-12)22(2)16-14-3-4-19-15(14)20-11-21-16/h3-4,11-13H,5-7,9-10H2,1-2H3,(H,19,20,21)/t12-,13+. The number of nitrogens with one attached hydrogen (secondary N) is 1. The Labute approximate surface area is 152 Å². The number of anilines is 1. The van der Waals surface area contributed by atoms with Crippen LogP contribution in [0.5, 0.6) is 0 Å². The van der Waals surface area contributed by atoms with Gasteiger partial charge in [-0.05, 0) is 31.7 Å². The van der Waals surface area contributed by atoms with E-state index in [1.54, 1.807) is 13.3 Å². The lowest BCUT2D eigenvalue weighted by atomic mass is 9.81. The van der Waals surface area contributed by atoms with E-state index in [0.29, 0.717) is 13.1 Å². The molecule has 2 aromatic heterocycles. The number of aromatic amines is 1.